The molecule has 160 valence electrons. The Morgan fingerprint density at radius 1 is 0.935 bits per heavy atom. The summed E-state index contributed by atoms with van der Waals surface area (Å²) in [6, 6.07) is 20.4. The highest BCUT2D eigenvalue weighted by Crippen LogP contribution is 2.43. The number of carbonyl (C=O) groups excluding carboxylic acids is 1. The van der Waals surface area contributed by atoms with E-state index in [2.05, 4.69) is 5.32 Å². The van der Waals surface area contributed by atoms with Gasteiger partial charge in [0.1, 0.15) is 6.54 Å². The van der Waals surface area contributed by atoms with Gasteiger partial charge in [0.05, 0.1) is 16.6 Å². The smallest absolute Gasteiger partial charge is 0.265 e. The first-order chi connectivity index (χ1) is 14.8. The van der Waals surface area contributed by atoms with E-state index in [1.54, 1.807) is 18.2 Å². The minimum atomic E-state index is -3.84. The van der Waals surface area contributed by atoms with Crippen molar-refractivity contribution in [3.63, 3.8) is 0 Å². The van der Waals surface area contributed by atoms with Gasteiger partial charge in [-0.15, -0.1) is 0 Å². The van der Waals surface area contributed by atoms with Crippen LogP contribution < -0.4 is 9.62 Å². The lowest BCUT2D eigenvalue weighted by Crippen LogP contribution is -2.43. The number of rotatable bonds is 5. The highest BCUT2D eigenvalue weighted by Gasteiger charge is 2.36. The molecule has 3 aromatic rings. The average molecular weight is 435 g/mol. The molecule has 0 unspecified atom stereocenters. The maximum absolute atomic E-state index is 13.4. The summed E-state index contributed by atoms with van der Waals surface area (Å²) in [6.45, 7) is 5.71. The third-order valence-corrected chi connectivity index (χ3v) is 7.49. The van der Waals surface area contributed by atoms with Crippen LogP contribution in [0.4, 0.5) is 5.69 Å². The van der Waals surface area contributed by atoms with Crippen molar-refractivity contribution in [1.82, 2.24) is 5.32 Å². The fourth-order valence-electron chi connectivity index (χ4n) is 4.01. The van der Waals surface area contributed by atoms with E-state index in [0.717, 1.165) is 22.3 Å². The lowest BCUT2D eigenvalue weighted by atomic mass is 10.0. The van der Waals surface area contributed by atoms with Gasteiger partial charge in [0, 0.05) is 11.1 Å². The van der Waals surface area contributed by atoms with E-state index in [0.29, 0.717) is 17.7 Å². The number of fused-ring (bicyclic) bond motifs is 3. The van der Waals surface area contributed by atoms with E-state index >= 15 is 0 Å². The summed E-state index contributed by atoms with van der Waals surface area (Å²) in [5.74, 6) is -0.332. The zero-order chi connectivity index (χ0) is 22.2. The van der Waals surface area contributed by atoms with Crippen molar-refractivity contribution in [2.75, 3.05) is 10.8 Å². The maximum atomic E-state index is 13.4. The van der Waals surface area contributed by atoms with Crippen LogP contribution in [0.2, 0.25) is 0 Å². The Kier molecular flexibility index (Phi) is 5.58. The number of sulfonamides is 1. The van der Waals surface area contributed by atoms with Gasteiger partial charge in [-0.25, -0.2) is 8.42 Å². The molecule has 6 heteroatoms. The van der Waals surface area contributed by atoms with Crippen molar-refractivity contribution in [1.29, 1.82) is 0 Å². The standard InChI is InChI=1S/C25H26N2O3S/c1-4-22(19-12-9-17(2)10-13-19)26-25(28)16-27-23-14-11-18(3)15-21(23)20-7-5-6-8-24(20)31(27,29)30/h5-15,22H,4,16H2,1-3H3,(H,26,28)/t22-/m0/s1. The molecule has 1 amide bonds. The Morgan fingerprint density at radius 2 is 1.61 bits per heavy atom. The molecular weight excluding hydrogens is 408 g/mol. The quantitative estimate of drug-likeness (QED) is 0.630. The second kappa shape index (κ2) is 8.19. The van der Waals surface area contributed by atoms with Crippen LogP contribution in [-0.4, -0.2) is 20.9 Å². The van der Waals surface area contributed by atoms with Gasteiger partial charge in [-0.3, -0.25) is 9.10 Å². The molecule has 0 radical (unpaired) electrons. The van der Waals surface area contributed by atoms with E-state index in [1.165, 1.54) is 4.31 Å². The number of nitrogens with one attached hydrogen (secondary N) is 1. The zero-order valence-corrected chi connectivity index (χ0v) is 18.7. The second-order valence-corrected chi connectivity index (χ2v) is 9.80. The summed E-state index contributed by atoms with van der Waals surface area (Å²) in [5, 5.41) is 3.01. The van der Waals surface area contributed by atoms with Crippen LogP contribution in [-0.2, 0) is 14.8 Å². The predicted molar refractivity (Wildman–Crippen MR) is 124 cm³/mol. The Morgan fingerprint density at radius 3 is 2.32 bits per heavy atom. The van der Waals surface area contributed by atoms with Gasteiger partial charge in [0.2, 0.25) is 5.91 Å². The van der Waals surface area contributed by atoms with Crippen LogP contribution in [0.1, 0.15) is 36.1 Å². The third kappa shape index (κ3) is 3.95. The summed E-state index contributed by atoms with van der Waals surface area (Å²) in [6.07, 6.45) is 0.708. The Bertz CT molecular complexity index is 1230. The molecule has 0 aliphatic carbocycles. The number of nitrogens with zero attached hydrogens (tertiary/aromatic N) is 1. The van der Waals surface area contributed by atoms with Gasteiger partial charge in [-0.05, 0) is 44.0 Å². The molecule has 0 aromatic heterocycles. The van der Waals surface area contributed by atoms with E-state index in [4.69, 9.17) is 0 Å². The summed E-state index contributed by atoms with van der Waals surface area (Å²) in [4.78, 5) is 13.2. The van der Waals surface area contributed by atoms with Gasteiger partial charge in [0.15, 0.2) is 0 Å². The Hall–Kier alpha value is -3.12. The average Bonchev–Trinajstić information content (AvgIpc) is 2.76. The first kappa shape index (κ1) is 21.1. The van der Waals surface area contributed by atoms with Gasteiger partial charge in [-0.2, -0.15) is 0 Å². The summed E-state index contributed by atoms with van der Waals surface area (Å²) < 4.78 is 28.0. The molecule has 5 nitrogen and oxygen atoms in total. The van der Waals surface area contributed by atoms with Crippen molar-refractivity contribution in [3.05, 3.63) is 83.4 Å². The largest absolute Gasteiger partial charge is 0.348 e. The van der Waals surface area contributed by atoms with Crippen LogP contribution in [0.3, 0.4) is 0 Å². The van der Waals surface area contributed by atoms with E-state index in [9.17, 15) is 13.2 Å². The first-order valence-corrected chi connectivity index (χ1v) is 11.8. The highest BCUT2D eigenvalue weighted by atomic mass is 32.2. The number of hydrogen-bond donors (Lipinski definition) is 1. The van der Waals surface area contributed by atoms with Crippen molar-refractivity contribution >= 4 is 21.6 Å². The van der Waals surface area contributed by atoms with E-state index < -0.39 is 10.0 Å². The van der Waals surface area contributed by atoms with Crippen molar-refractivity contribution in [2.45, 2.75) is 38.1 Å². The molecule has 0 saturated carbocycles. The predicted octanol–water partition coefficient (Wildman–Crippen LogP) is 4.75. The second-order valence-electron chi connectivity index (χ2n) is 7.97. The molecule has 31 heavy (non-hydrogen) atoms. The number of carbonyl (C=O) groups is 1. The van der Waals surface area contributed by atoms with Crippen molar-refractivity contribution < 1.29 is 13.2 Å². The van der Waals surface area contributed by atoms with Gasteiger partial charge >= 0.3 is 0 Å². The number of hydrogen-bond acceptors (Lipinski definition) is 3. The summed E-state index contributed by atoms with van der Waals surface area (Å²) in [7, 11) is -3.84. The molecule has 0 bridgehead atoms. The number of aryl methyl sites for hydroxylation is 2. The molecular formula is C25H26N2O3S. The first-order valence-electron chi connectivity index (χ1n) is 10.4. The molecule has 0 fully saturated rings. The molecule has 1 atom stereocenters. The number of benzene rings is 3. The molecule has 3 aromatic carbocycles. The molecule has 0 saturated heterocycles. The molecule has 0 spiro atoms. The van der Waals surface area contributed by atoms with Gasteiger partial charge in [-0.1, -0.05) is 66.6 Å². The maximum Gasteiger partial charge on any atom is 0.265 e. The molecule has 1 N–H and O–H groups in total. The van der Waals surface area contributed by atoms with Crippen LogP contribution >= 0.6 is 0 Å². The van der Waals surface area contributed by atoms with Crippen molar-refractivity contribution in [2.24, 2.45) is 0 Å². The summed E-state index contributed by atoms with van der Waals surface area (Å²) in [5.41, 5.74) is 5.21. The lowest BCUT2D eigenvalue weighted by molar-refractivity contribution is -0.120. The highest BCUT2D eigenvalue weighted by molar-refractivity contribution is 7.93. The number of anilines is 1. The minimum absolute atomic E-state index is 0.176. The molecule has 1 heterocycles. The summed E-state index contributed by atoms with van der Waals surface area (Å²) >= 11 is 0. The SMILES string of the molecule is CC[C@H](NC(=O)CN1c2ccc(C)cc2-c2ccccc2S1(=O)=O)c1ccc(C)cc1. The van der Waals surface area contributed by atoms with Gasteiger partial charge < -0.3 is 5.32 Å². The Balaban J connectivity index is 1.66. The monoisotopic (exact) mass is 434 g/mol. The van der Waals surface area contributed by atoms with Crippen LogP contribution in [0.15, 0.2) is 71.6 Å². The van der Waals surface area contributed by atoms with Crippen LogP contribution in [0, 0.1) is 13.8 Å². The minimum Gasteiger partial charge on any atom is -0.348 e. The van der Waals surface area contributed by atoms with E-state index in [1.807, 2.05) is 69.3 Å². The van der Waals surface area contributed by atoms with Crippen LogP contribution in [0.25, 0.3) is 11.1 Å². The van der Waals surface area contributed by atoms with Crippen LogP contribution in [0.5, 0.6) is 0 Å². The Labute approximate surface area is 183 Å². The fraction of sp³-hybridized carbons (Fsp3) is 0.240. The van der Waals surface area contributed by atoms with Crippen molar-refractivity contribution in [3.8, 4) is 11.1 Å². The molecule has 1 aliphatic heterocycles. The molecule has 1 aliphatic rings. The number of amides is 1. The third-order valence-electron chi connectivity index (χ3n) is 5.68. The topological polar surface area (TPSA) is 66.5 Å². The van der Waals surface area contributed by atoms with Gasteiger partial charge in [0.25, 0.3) is 10.0 Å². The normalized spacial score (nSPS) is 15.0. The fourth-order valence-corrected chi connectivity index (χ4v) is 5.66. The lowest BCUT2D eigenvalue weighted by Gasteiger charge is -2.32. The zero-order valence-electron chi connectivity index (χ0n) is 17.9. The molecule has 4 rings (SSSR count). The van der Waals surface area contributed by atoms with E-state index in [-0.39, 0.29) is 23.4 Å².